The zero-order valence-corrected chi connectivity index (χ0v) is 18.5. The fraction of sp³-hybridized carbons (Fsp3) is 0.304. The largest absolute Gasteiger partial charge is 0.378 e. The van der Waals surface area contributed by atoms with Gasteiger partial charge in [-0.1, -0.05) is 18.2 Å². The number of carbonyl (C=O) groups is 1. The second kappa shape index (κ2) is 11.6. The Hall–Kier alpha value is -3.72. The molecule has 0 unspecified atom stereocenters. The second-order valence-corrected chi connectivity index (χ2v) is 7.17. The van der Waals surface area contributed by atoms with Crippen LogP contribution < -0.4 is 15.6 Å². The molecule has 0 atom stereocenters. The quantitative estimate of drug-likeness (QED) is 0.465. The fourth-order valence-corrected chi connectivity index (χ4v) is 3.13. The standard InChI is InChI=1S/C23H29N7O2/c1-18-16-22(30-12-14-32-15-13-30)27-17-19(18)23(31)26-11-7-6-10-25-20-8-4-5-9-21(20)28-29(3)24-2/h4-10,16-17,28H,2,11-15H2,1,3H3,(H,26,31)/b7-6+,25-10?. The lowest BCUT2D eigenvalue weighted by Crippen LogP contribution is -2.37. The molecular formula is C23H29N7O2. The number of carbonyl (C=O) groups excluding carboxylic acids is 1. The number of aliphatic imine (C=N–C) groups is 1. The molecule has 1 amide bonds. The van der Waals surface area contributed by atoms with Crippen LogP contribution in [0, 0.1) is 6.92 Å². The number of ether oxygens (including phenoxy) is 1. The van der Waals surface area contributed by atoms with Gasteiger partial charge in [-0.15, -0.1) is 0 Å². The number of anilines is 2. The molecule has 2 N–H and O–H groups in total. The van der Waals surface area contributed by atoms with Crippen LogP contribution in [0.3, 0.4) is 0 Å². The van der Waals surface area contributed by atoms with Gasteiger partial charge in [0.1, 0.15) is 5.82 Å². The number of morpholine rings is 1. The van der Waals surface area contributed by atoms with E-state index in [1.807, 2.05) is 43.3 Å². The van der Waals surface area contributed by atoms with Gasteiger partial charge in [0.25, 0.3) is 5.91 Å². The number of aryl methyl sites for hydroxylation is 1. The van der Waals surface area contributed by atoms with Crippen molar-refractivity contribution in [3.05, 3.63) is 59.8 Å². The highest BCUT2D eigenvalue weighted by atomic mass is 16.5. The molecule has 1 fully saturated rings. The van der Waals surface area contributed by atoms with Crippen LogP contribution in [0.4, 0.5) is 17.2 Å². The van der Waals surface area contributed by atoms with Crippen LogP contribution in [0.15, 0.2) is 58.8 Å². The monoisotopic (exact) mass is 435 g/mol. The molecule has 2 aromatic rings. The van der Waals surface area contributed by atoms with E-state index in [1.165, 1.54) is 5.12 Å². The molecule has 1 saturated heterocycles. The van der Waals surface area contributed by atoms with Gasteiger partial charge in [-0.3, -0.25) is 15.2 Å². The summed E-state index contributed by atoms with van der Waals surface area (Å²) in [6.45, 7) is 8.80. The highest BCUT2D eigenvalue weighted by Crippen LogP contribution is 2.24. The zero-order valence-electron chi connectivity index (χ0n) is 18.5. The van der Waals surface area contributed by atoms with Crippen molar-refractivity contribution in [1.82, 2.24) is 15.4 Å². The van der Waals surface area contributed by atoms with Gasteiger partial charge in [0.15, 0.2) is 0 Å². The number of nitrogens with one attached hydrogen (secondary N) is 2. The van der Waals surface area contributed by atoms with E-state index in [0.29, 0.717) is 25.3 Å². The number of aromatic nitrogens is 1. The molecule has 2 heterocycles. The number of para-hydroxylation sites is 2. The number of amides is 1. The van der Waals surface area contributed by atoms with Crippen molar-refractivity contribution in [2.45, 2.75) is 6.92 Å². The first kappa shape index (κ1) is 23.0. The Morgan fingerprint density at radius 3 is 2.88 bits per heavy atom. The Morgan fingerprint density at radius 1 is 1.34 bits per heavy atom. The van der Waals surface area contributed by atoms with Gasteiger partial charge in [-0.05, 0) is 36.8 Å². The van der Waals surface area contributed by atoms with Crippen molar-refractivity contribution in [2.24, 2.45) is 10.1 Å². The number of benzene rings is 1. The number of allylic oxidation sites excluding steroid dienone is 1. The molecule has 0 radical (unpaired) electrons. The summed E-state index contributed by atoms with van der Waals surface area (Å²) in [7, 11) is 1.75. The Morgan fingerprint density at radius 2 is 2.12 bits per heavy atom. The van der Waals surface area contributed by atoms with Crippen molar-refractivity contribution in [2.75, 3.05) is 50.2 Å². The second-order valence-electron chi connectivity index (χ2n) is 7.17. The number of rotatable bonds is 9. The number of hydrogen-bond donors (Lipinski definition) is 2. The van der Waals surface area contributed by atoms with Gasteiger partial charge in [0, 0.05) is 45.8 Å². The highest BCUT2D eigenvalue weighted by Gasteiger charge is 2.15. The van der Waals surface area contributed by atoms with E-state index in [9.17, 15) is 4.79 Å². The molecule has 0 spiro atoms. The van der Waals surface area contributed by atoms with Crippen molar-refractivity contribution in [1.29, 1.82) is 0 Å². The fourth-order valence-electron chi connectivity index (χ4n) is 3.13. The first-order chi connectivity index (χ1) is 15.6. The maximum absolute atomic E-state index is 12.5. The minimum Gasteiger partial charge on any atom is -0.378 e. The van der Waals surface area contributed by atoms with Crippen LogP contribution >= 0.6 is 0 Å². The average molecular weight is 436 g/mol. The third-order valence-corrected chi connectivity index (χ3v) is 4.89. The number of hydrogen-bond acceptors (Lipinski definition) is 8. The minimum absolute atomic E-state index is 0.153. The molecule has 1 aliphatic heterocycles. The molecule has 32 heavy (non-hydrogen) atoms. The van der Waals surface area contributed by atoms with Crippen LogP contribution in [0.5, 0.6) is 0 Å². The van der Waals surface area contributed by atoms with Crippen molar-refractivity contribution in [3.63, 3.8) is 0 Å². The molecule has 1 aromatic carbocycles. The van der Waals surface area contributed by atoms with E-state index >= 15 is 0 Å². The maximum Gasteiger partial charge on any atom is 0.253 e. The summed E-state index contributed by atoms with van der Waals surface area (Å²) < 4.78 is 5.38. The zero-order chi connectivity index (χ0) is 22.8. The summed E-state index contributed by atoms with van der Waals surface area (Å²) in [5.41, 5.74) is 6.11. The molecule has 168 valence electrons. The molecule has 9 nitrogen and oxygen atoms in total. The Labute approximate surface area is 188 Å². The van der Waals surface area contributed by atoms with Gasteiger partial charge in [0.05, 0.1) is 30.2 Å². The van der Waals surface area contributed by atoms with Gasteiger partial charge in [0.2, 0.25) is 0 Å². The van der Waals surface area contributed by atoms with Gasteiger partial charge >= 0.3 is 0 Å². The summed E-state index contributed by atoms with van der Waals surface area (Å²) in [6.07, 6.45) is 6.94. The summed E-state index contributed by atoms with van der Waals surface area (Å²) in [6, 6.07) is 9.56. The van der Waals surface area contributed by atoms with Crippen LogP contribution in [-0.4, -0.2) is 68.8 Å². The number of hydrazine groups is 1. The predicted molar refractivity (Wildman–Crippen MR) is 129 cm³/mol. The van der Waals surface area contributed by atoms with Crippen molar-refractivity contribution < 1.29 is 9.53 Å². The lowest BCUT2D eigenvalue weighted by Gasteiger charge is -2.28. The first-order valence-corrected chi connectivity index (χ1v) is 10.4. The van der Waals surface area contributed by atoms with Gasteiger partial charge < -0.3 is 15.0 Å². The van der Waals surface area contributed by atoms with Gasteiger partial charge in [-0.25, -0.2) is 10.1 Å². The normalized spacial score (nSPS) is 14.0. The Bertz CT molecular complexity index is 984. The molecular weight excluding hydrogens is 406 g/mol. The van der Waals surface area contributed by atoms with Crippen LogP contribution in [-0.2, 0) is 4.74 Å². The maximum atomic E-state index is 12.5. The van der Waals surface area contributed by atoms with Crippen LogP contribution in [0.2, 0.25) is 0 Å². The SMILES string of the molecule is C=NN(C)Nc1ccccc1N=C/C=C/CNC(=O)c1cnc(N2CCOCC2)cc1C. The summed E-state index contributed by atoms with van der Waals surface area (Å²) >= 11 is 0. The average Bonchev–Trinajstić information content (AvgIpc) is 2.82. The number of nitrogens with zero attached hydrogens (tertiary/aromatic N) is 5. The Balaban J connectivity index is 1.51. The predicted octanol–water partition coefficient (Wildman–Crippen LogP) is 2.79. The molecule has 0 bridgehead atoms. The molecule has 0 saturated carbocycles. The topological polar surface area (TPSA) is 94.5 Å². The van der Waals surface area contributed by atoms with Crippen LogP contribution in [0.1, 0.15) is 15.9 Å². The molecule has 3 rings (SSSR count). The van der Waals surface area contributed by atoms with E-state index in [2.05, 4.69) is 37.4 Å². The molecule has 9 heteroatoms. The van der Waals surface area contributed by atoms with E-state index in [1.54, 1.807) is 25.5 Å². The third kappa shape index (κ3) is 6.39. The van der Waals surface area contributed by atoms with Crippen LogP contribution in [0.25, 0.3) is 0 Å². The lowest BCUT2D eigenvalue weighted by molar-refractivity contribution is 0.0957. The Kier molecular flexibility index (Phi) is 8.33. The molecule has 1 aromatic heterocycles. The van der Waals surface area contributed by atoms with E-state index in [-0.39, 0.29) is 5.91 Å². The highest BCUT2D eigenvalue weighted by molar-refractivity contribution is 5.95. The smallest absolute Gasteiger partial charge is 0.253 e. The molecule has 0 aliphatic carbocycles. The number of hydrazone groups is 1. The van der Waals surface area contributed by atoms with Crippen molar-refractivity contribution >= 4 is 36.0 Å². The van der Waals surface area contributed by atoms with Gasteiger partial charge in [-0.2, -0.15) is 5.10 Å². The summed E-state index contributed by atoms with van der Waals surface area (Å²) in [5.74, 6) is 0.725. The minimum atomic E-state index is -0.153. The van der Waals surface area contributed by atoms with E-state index in [0.717, 1.165) is 35.8 Å². The van der Waals surface area contributed by atoms with E-state index < -0.39 is 0 Å². The lowest BCUT2D eigenvalue weighted by atomic mass is 10.1. The third-order valence-electron chi connectivity index (χ3n) is 4.89. The van der Waals surface area contributed by atoms with Crippen molar-refractivity contribution in [3.8, 4) is 0 Å². The molecule has 1 aliphatic rings. The first-order valence-electron chi connectivity index (χ1n) is 10.4. The summed E-state index contributed by atoms with van der Waals surface area (Å²) in [4.78, 5) is 23.6. The summed E-state index contributed by atoms with van der Waals surface area (Å²) in [5, 5.41) is 8.16. The van der Waals surface area contributed by atoms with E-state index in [4.69, 9.17) is 4.74 Å². The number of pyridine rings is 1.